The van der Waals surface area contributed by atoms with Gasteiger partial charge in [-0.3, -0.25) is 4.99 Å². The molecule has 0 saturated heterocycles. The van der Waals surface area contributed by atoms with Crippen LogP contribution in [0.5, 0.6) is 0 Å². The van der Waals surface area contributed by atoms with Crippen LogP contribution >= 0.6 is 23.1 Å². The molecule has 1 N–H and O–H groups in total. The Morgan fingerprint density at radius 1 is 1.41 bits per heavy atom. The summed E-state index contributed by atoms with van der Waals surface area (Å²) in [5.74, 6) is 0.705. The fraction of sp³-hybridized carbons (Fsp3) is 0.615. The molecule has 0 spiro atoms. The Morgan fingerprint density at radius 3 is 2.76 bits per heavy atom. The molecule has 1 unspecified atom stereocenters. The molecular weight excluding hydrogens is 248 g/mol. The van der Waals surface area contributed by atoms with Gasteiger partial charge in [-0.05, 0) is 24.5 Å². The number of nitrogens with one attached hydrogen (secondary N) is 1. The van der Waals surface area contributed by atoms with E-state index in [1.54, 1.807) is 0 Å². The van der Waals surface area contributed by atoms with E-state index in [-0.39, 0.29) is 0 Å². The van der Waals surface area contributed by atoms with Gasteiger partial charge in [0.1, 0.15) is 0 Å². The molecule has 0 saturated carbocycles. The zero-order chi connectivity index (χ0) is 12.3. The van der Waals surface area contributed by atoms with Gasteiger partial charge in [0.15, 0.2) is 5.17 Å². The Kier molecular flexibility index (Phi) is 4.51. The van der Waals surface area contributed by atoms with Gasteiger partial charge in [0, 0.05) is 15.0 Å². The second kappa shape index (κ2) is 5.91. The average molecular weight is 268 g/mol. The highest BCUT2D eigenvalue weighted by Crippen LogP contribution is 2.26. The van der Waals surface area contributed by atoms with E-state index < -0.39 is 0 Å². The molecule has 0 aliphatic carbocycles. The van der Waals surface area contributed by atoms with Crippen molar-refractivity contribution in [2.45, 2.75) is 39.0 Å². The Balaban J connectivity index is 1.79. The zero-order valence-electron chi connectivity index (χ0n) is 10.7. The third kappa shape index (κ3) is 3.49. The summed E-state index contributed by atoms with van der Waals surface area (Å²) in [6.45, 7) is 8.62. The number of aryl methyl sites for hydroxylation is 1. The highest BCUT2D eigenvalue weighted by Gasteiger charge is 2.22. The van der Waals surface area contributed by atoms with E-state index in [1.807, 2.05) is 23.1 Å². The lowest BCUT2D eigenvalue weighted by molar-refractivity contribution is 0.621. The second-order valence-corrected chi connectivity index (χ2v) is 7.10. The predicted octanol–water partition coefficient (Wildman–Crippen LogP) is 3.53. The Bertz CT molecular complexity index is 396. The standard InChI is InChI=1S/C13H20N2S2/c1-4-10-5-6-11(16-10)7-14-13-15-8-12(17-13)9(2)3/h5-6,9,12H,4,7-8H2,1-3H3,(H,14,15). The van der Waals surface area contributed by atoms with Crippen LogP contribution < -0.4 is 5.32 Å². The third-order valence-electron chi connectivity index (χ3n) is 2.90. The number of thioether (sulfide) groups is 1. The van der Waals surface area contributed by atoms with Gasteiger partial charge in [-0.25, -0.2) is 0 Å². The molecule has 0 amide bonds. The average Bonchev–Trinajstić information content (AvgIpc) is 2.95. The number of hydrogen-bond donors (Lipinski definition) is 1. The van der Waals surface area contributed by atoms with E-state index in [9.17, 15) is 0 Å². The maximum absolute atomic E-state index is 4.55. The van der Waals surface area contributed by atoms with Crippen molar-refractivity contribution in [3.63, 3.8) is 0 Å². The van der Waals surface area contributed by atoms with E-state index >= 15 is 0 Å². The largest absolute Gasteiger partial charge is 0.360 e. The van der Waals surface area contributed by atoms with Crippen molar-refractivity contribution in [2.24, 2.45) is 10.9 Å². The van der Waals surface area contributed by atoms with Crippen molar-refractivity contribution in [3.05, 3.63) is 21.9 Å². The van der Waals surface area contributed by atoms with Crippen molar-refractivity contribution >= 4 is 28.3 Å². The minimum Gasteiger partial charge on any atom is -0.360 e. The minimum absolute atomic E-state index is 0.659. The first-order valence-electron chi connectivity index (χ1n) is 6.21. The van der Waals surface area contributed by atoms with E-state index in [2.05, 4.69) is 43.2 Å². The van der Waals surface area contributed by atoms with Gasteiger partial charge in [0.05, 0.1) is 13.1 Å². The first kappa shape index (κ1) is 13.0. The van der Waals surface area contributed by atoms with E-state index in [0.717, 1.165) is 24.7 Å². The number of thiophene rings is 1. The van der Waals surface area contributed by atoms with Crippen molar-refractivity contribution in [3.8, 4) is 0 Å². The molecule has 2 rings (SSSR count). The summed E-state index contributed by atoms with van der Waals surface area (Å²) < 4.78 is 0. The van der Waals surface area contributed by atoms with Crippen LogP contribution in [0.25, 0.3) is 0 Å². The van der Waals surface area contributed by atoms with Gasteiger partial charge in [0.25, 0.3) is 0 Å². The Labute approximate surface area is 112 Å². The Morgan fingerprint density at radius 2 is 2.18 bits per heavy atom. The summed E-state index contributed by atoms with van der Waals surface area (Å²) in [6.07, 6.45) is 1.13. The SMILES string of the molecule is CCc1ccc(CNC2=NCC(C(C)C)S2)s1. The number of nitrogens with zero attached hydrogens (tertiary/aromatic N) is 1. The van der Waals surface area contributed by atoms with Crippen LogP contribution in [-0.2, 0) is 13.0 Å². The van der Waals surface area contributed by atoms with E-state index in [0.29, 0.717) is 11.2 Å². The highest BCUT2D eigenvalue weighted by atomic mass is 32.2. The van der Waals surface area contributed by atoms with Crippen LogP contribution in [0.15, 0.2) is 17.1 Å². The van der Waals surface area contributed by atoms with Gasteiger partial charge >= 0.3 is 0 Å². The number of hydrogen-bond acceptors (Lipinski definition) is 4. The molecule has 1 aliphatic heterocycles. The molecule has 1 atom stereocenters. The molecule has 94 valence electrons. The van der Waals surface area contributed by atoms with Crippen LogP contribution in [0.1, 0.15) is 30.5 Å². The van der Waals surface area contributed by atoms with Crippen molar-refractivity contribution in [1.29, 1.82) is 0 Å². The van der Waals surface area contributed by atoms with Crippen molar-refractivity contribution in [2.75, 3.05) is 6.54 Å². The summed E-state index contributed by atoms with van der Waals surface area (Å²) >= 11 is 3.79. The van der Waals surface area contributed by atoms with Gasteiger partial charge in [-0.15, -0.1) is 11.3 Å². The van der Waals surface area contributed by atoms with Gasteiger partial charge < -0.3 is 5.32 Å². The van der Waals surface area contributed by atoms with Gasteiger partial charge in [-0.2, -0.15) is 0 Å². The topological polar surface area (TPSA) is 24.4 Å². The summed E-state index contributed by atoms with van der Waals surface area (Å²) in [5.41, 5.74) is 0. The summed E-state index contributed by atoms with van der Waals surface area (Å²) in [5, 5.41) is 5.22. The monoisotopic (exact) mass is 268 g/mol. The fourth-order valence-electron chi connectivity index (χ4n) is 1.71. The Hall–Kier alpha value is -0.480. The molecular formula is C13H20N2S2. The lowest BCUT2D eigenvalue weighted by Gasteiger charge is -2.11. The third-order valence-corrected chi connectivity index (χ3v) is 5.62. The van der Waals surface area contributed by atoms with E-state index in [1.165, 1.54) is 9.75 Å². The van der Waals surface area contributed by atoms with Crippen LogP contribution in [-0.4, -0.2) is 17.0 Å². The van der Waals surface area contributed by atoms with Crippen LogP contribution in [0.3, 0.4) is 0 Å². The molecule has 2 nitrogen and oxygen atoms in total. The number of amidine groups is 1. The molecule has 0 radical (unpaired) electrons. The molecule has 1 aromatic rings. The maximum Gasteiger partial charge on any atom is 0.157 e. The summed E-state index contributed by atoms with van der Waals surface area (Å²) in [6, 6.07) is 4.44. The second-order valence-electron chi connectivity index (χ2n) is 4.62. The highest BCUT2D eigenvalue weighted by molar-refractivity contribution is 8.14. The quantitative estimate of drug-likeness (QED) is 0.903. The molecule has 1 aromatic heterocycles. The molecule has 0 aromatic carbocycles. The van der Waals surface area contributed by atoms with Crippen molar-refractivity contribution < 1.29 is 0 Å². The maximum atomic E-state index is 4.55. The van der Waals surface area contributed by atoms with Crippen LogP contribution in [0, 0.1) is 5.92 Å². The summed E-state index contributed by atoms with van der Waals surface area (Å²) in [7, 11) is 0. The van der Waals surface area contributed by atoms with Crippen molar-refractivity contribution in [1.82, 2.24) is 5.32 Å². The number of rotatable bonds is 4. The molecule has 4 heteroatoms. The van der Waals surface area contributed by atoms with Gasteiger partial charge in [-0.1, -0.05) is 32.5 Å². The van der Waals surface area contributed by atoms with Gasteiger partial charge in [0.2, 0.25) is 0 Å². The molecule has 2 heterocycles. The molecule has 17 heavy (non-hydrogen) atoms. The number of aliphatic imine (C=N–C) groups is 1. The first-order valence-corrected chi connectivity index (χ1v) is 7.91. The lowest BCUT2D eigenvalue weighted by atomic mass is 10.1. The van der Waals surface area contributed by atoms with Crippen LogP contribution in [0.2, 0.25) is 0 Å². The molecule has 0 fully saturated rings. The normalized spacial score (nSPS) is 19.8. The summed E-state index contributed by atoms with van der Waals surface area (Å²) in [4.78, 5) is 7.42. The lowest BCUT2D eigenvalue weighted by Crippen LogP contribution is -2.19. The molecule has 1 aliphatic rings. The predicted molar refractivity (Wildman–Crippen MR) is 79.1 cm³/mol. The molecule has 0 bridgehead atoms. The zero-order valence-corrected chi connectivity index (χ0v) is 12.3. The first-order chi connectivity index (χ1) is 8.19. The smallest absolute Gasteiger partial charge is 0.157 e. The van der Waals surface area contributed by atoms with E-state index in [4.69, 9.17) is 0 Å². The minimum atomic E-state index is 0.659. The van der Waals surface area contributed by atoms with Crippen LogP contribution in [0.4, 0.5) is 0 Å². The fourth-order valence-corrected chi connectivity index (χ4v) is 3.62.